The van der Waals surface area contributed by atoms with Crippen molar-refractivity contribution in [2.45, 2.75) is 25.9 Å². The van der Waals surface area contributed by atoms with Gasteiger partial charge in [0.15, 0.2) is 0 Å². The molecular formula is C12H20Cl2N4O. The van der Waals surface area contributed by atoms with Crippen LogP contribution in [0.15, 0.2) is 12.4 Å². The summed E-state index contributed by atoms with van der Waals surface area (Å²) in [6.07, 6.45) is 5.93. The number of amides is 1. The highest BCUT2D eigenvalue weighted by atomic mass is 35.5. The average Bonchev–Trinajstić information content (AvgIpc) is 2.86. The maximum absolute atomic E-state index is 12.3. The Bertz CT molecular complexity index is 418. The van der Waals surface area contributed by atoms with Crippen LogP contribution in [-0.4, -0.2) is 40.0 Å². The number of aromatic nitrogens is 2. The number of fused-ring (bicyclic) bond motifs is 1. The zero-order valence-electron chi connectivity index (χ0n) is 10.7. The highest BCUT2D eigenvalue weighted by Gasteiger charge is 2.28. The lowest BCUT2D eigenvalue weighted by Gasteiger charge is -2.32. The zero-order valence-corrected chi connectivity index (χ0v) is 12.4. The van der Waals surface area contributed by atoms with Crippen molar-refractivity contribution in [1.29, 1.82) is 0 Å². The maximum atomic E-state index is 12.3. The Morgan fingerprint density at radius 1 is 1.37 bits per heavy atom. The minimum absolute atomic E-state index is 0. The summed E-state index contributed by atoms with van der Waals surface area (Å²) in [5, 5.41) is 3.30. The van der Waals surface area contributed by atoms with Crippen LogP contribution < -0.4 is 5.32 Å². The summed E-state index contributed by atoms with van der Waals surface area (Å²) >= 11 is 0. The van der Waals surface area contributed by atoms with Gasteiger partial charge in [-0.15, -0.1) is 24.8 Å². The molecule has 7 heteroatoms. The Labute approximate surface area is 125 Å². The molecule has 1 saturated heterocycles. The van der Waals surface area contributed by atoms with Crippen LogP contribution >= 0.6 is 24.8 Å². The zero-order chi connectivity index (χ0) is 11.7. The quantitative estimate of drug-likeness (QED) is 0.844. The summed E-state index contributed by atoms with van der Waals surface area (Å²) in [6.45, 7) is 4.25. The van der Waals surface area contributed by atoms with Gasteiger partial charge in [-0.2, -0.15) is 0 Å². The van der Waals surface area contributed by atoms with E-state index in [1.54, 1.807) is 0 Å². The Kier molecular flexibility index (Phi) is 6.10. The normalized spacial score (nSPS) is 21.9. The summed E-state index contributed by atoms with van der Waals surface area (Å²) in [5.41, 5.74) is 0. The number of imidazole rings is 1. The monoisotopic (exact) mass is 306 g/mol. The average molecular weight is 307 g/mol. The first-order chi connectivity index (χ1) is 8.34. The van der Waals surface area contributed by atoms with Crippen molar-refractivity contribution >= 4 is 30.7 Å². The summed E-state index contributed by atoms with van der Waals surface area (Å²) in [6, 6.07) is 0. The maximum Gasteiger partial charge on any atom is 0.227 e. The van der Waals surface area contributed by atoms with E-state index in [2.05, 4.69) is 14.9 Å². The van der Waals surface area contributed by atoms with Gasteiger partial charge in [0.2, 0.25) is 5.91 Å². The van der Waals surface area contributed by atoms with Gasteiger partial charge in [0, 0.05) is 32.0 Å². The van der Waals surface area contributed by atoms with Gasteiger partial charge in [-0.05, 0) is 19.4 Å². The first-order valence-corrected chi connectivity index (χ1v) is 6.34. The second kappa shape index (κ2) is 7.12. The van der Waals surface area contributed by atoms with E-state index in [0.717, 1.165) is 44.8 Å². The number of hydrogen-bond acceptors (Lipinski definition) is 3. The summed E-state index contributed by atoms with van der Waals surface area (Å²) in [4.78, 5) is 18.6. The van der Waals surface area contributed by atoms with E-state index in [0.29, 0.717) is 12.5 Å². The number of nitrogens with one attached hydrogen (secondary N) is 1. The largest absolute Gasteiger partial charge is 0.333 e. The van der Waals surface area contributed by atoms with Gasteiger partial charge in [0.25, 0.3) is 0 Å². The van der Waals surface area contributed by atoms with E-state index in [-0.39, 0.29) is 30.7 Å². The topological polar surface area (TPSA) is 50.2 Å². The third-order valence-electron chi connectivity index (χ3n) is 3.70. The number of carbonyl (C=O) groups excluding carboxylic acids is 1. The fraction of sp³-hybridized carbons (Fsp3) is 0.667. The van der Waals surface area contributed by atoms with Gasteiger partial charge in [-0.1, -0.05) is 0 Å². The molecule has 1 fully saturated rings. The van der Waals surface area contributed by atoms with E-state index in [1.165, 1.54) is 0 Å². The predicted molar refractivity (Wildman–Crippen MR) is 77.7 cm³/mol. The fourth-order valence-corrected chi connectivity index (χ4v) is 2.68. The molecule has 0 bridgehead atoms. The molecular weight excluding hydrogens is 287 g/mol. The number of carbonyl (C=O) groups is 1. The molecule has 1 N–H and O–H groups in total. The lowest BCUT2D eigenvalue weighted by Crippen LogP contribution is -2.45. The van der Waals surface area contributed by atoms with Crippen LogP contribution in [0.5, 0.6) is 0 Å². The third kappa shape index (κ3) is 3.41. The molecule has 108 valence electrons. The summed E-state index contributed by atoms with van der Waals surface area (Å²) in [7, 11) is 0. The van der Waals surface area contributed by atoms with Crippen LogP contribution in [-0.2, 0) is 17.9 Å². The van der Waals surface area contributed by atoms with Gasteiger partial charge in [0.05, 0.1) is 12.5 Å². The molecule has 1 aromatic rings. The van der Waals surface area contributed by atoms with Gasteiger partial charge in [0.1, 0.15) is 5.82 Å². The van der Waals surface area contributed by atoms with E-state index >= 15 is 0 Å². The van der Waals surface area contributed by atoms with Crippen molar-refractivity contribution in [1.82, 2.24) is 19.8 Å². The lowest BCUT2D eigenvalue weighted by atomic mass is 9.98. The molecule has 0 saturated carbocycles. The minimum Gasteiger partial charge on any atom is -0.333 e. The van der Waals surface area contributed by atoms with E-state index in [1.807, 2.05) is 17.3 Å². The summed E-state index contributed by atoms with van der Waals surface area (Å²) in [5.74, 6) is 1.48. The van der Waals surface area contributed by atoms with Crippen molar-refractivity contribution in [2.24, 2.45) is 5.92 Å². The number of piperidine rings is 1. The SMILES string of the molecule is Cl.Cl.O=C(C1CCCNC1)N1CCn2ccnc2C1. The molecule has 3 rings (SSSR count). The molecule has 2 aliphatic rings. The van der Waals surface area contributed by atoms with Crippen molar-refractivity contribution < 1.29 is 4.79 Å². The van der Waals surface area contributed by atoms with E-state index in [9.17, 15) is 4.79 Å². The van der Waals surface area contributed by atoms with Crippen molar-refractivity contribution in [2.75, 3.05) is 19.6 Å². The number of rotatable bonds is 1. The molecule has 1 aromatic heterocycles. The van der Waals surface area contributed by atoms with Gasteiger partial charge >= 0.3 is 0 Å². The third-order valence-corrected chi connectivity index (χ3v) is 3.70. The molecule has 5 nitrogen and oxygen atoms in total. The molecule has 0 aliphatic carbocycles. The minimum atomic E-state index is 0. The van der Waals surface area contributed by atoms with Crippen LogP contribution in [0.2, 0.25) is 0 Å². The first-order valence-electron chi connectivity index (χ1n) is 6.34. The van der Waals surface area contributed by atoms with Crippen molar-refractivity contribution in [3.05, 3.63) is 18.2 Å². The molecule has 1 unspecified atom stereocenters. The van der Waals surface area contributed by atoms with Crippen LogP contribution in [0.3, 0.4) is 0 Å². The Morgan fingerprint density at radius 2 is 2.21 bits per heavy atom. The highest BCUT2D eigenvalue weighted by Crippen LogP contribution is 2.17. The second-order valence-corrected chi connectivity index (χ2v) is 4.84. The number of halogens is 2. The van der Waals surface area contributed by atoms with Gasteiger partial charge in [-0.25, -0.2) is 4.98 Å². The van der Waals surface area contributed by atoms with Crippen molar-refractivity contribution in [3.8, 4) is 0 Å². The molecule has 3 heterocycles. The first kappa shape index (κ1) is 16.3. The Balaban J connectivity index is 0.000000902. The molecule has 1 amide bonds. The molecule has 2 aliphatic heterocycles. The van der Waals surface area contributed by atoms with Crippen LogP contribution in [0.25, 0.3) is 0 Å². The van der Waals surface area contributed by atoms with Crippen LogP contribution in [0.4, 0.5) is 0 Å². The number of hydrogen-bond donors (Lipinski definition) is 1. The molecule has 0 aromatic carbocycles. The number of nitrogens with zero attached hydrogens (tertiary/aromatic N) is 3. The van der Waals surface area contributed by atoms with Crippen LogP contribution in [0.1, 0.15) is 18.7 Å². The van der Waals surface area contributed by atoms with Crippen LogP contribution in [0, 0.1) is 5.92 Å². The Morgan fingerprint density at radius 3 is 2.95 bits per heavy atom. The molecule has 0 spiro atoms. The fourth-order valence-electron chi connectivity index (χ4n) is 2.68. The van der Waals surface area contributed by atoms with Gasteiger partial charge < -0.3 is 14.8 Å². The van der Waals surface area contributed by atoms with Crippen molar-refractivity contribution in [3.63, 3.8) is 0 Å². The standard InChI is InChI=1S/C12H18N4O.2ClH/c17-12(10-2-1-3-13-8-10)16-7-6-15-5-4-14-11(15)9-16;;/h4-5,10,13H,1-3,6-9H2;2*1H. The smallest absolute Gasteiger partial charge is 0.227 e. The summed E-state index contributed by atoms with van der Waals surface area (Å²) < 4.78 is 2.13. The highest BCUT2D eigenvalue weighted by molar-refractivity contribution is 5.85. The van der Waals surface area contributed by atoms with E-state index < -0.39 is 0 Å². The van der Waals surface area contributed by atoms with E-state index in [4.69, 9.17) is 0 Å². The lowest BCUT2D eigenvalue weighted by molar-refractivity contribution is -0.137. The van der Waals surface area contributed by atoms with Gasteiger partial charge in [-0.3, -0.25) is 4.79 Å². The molecule has 0 radical (unpaired) electrons. The predicted octanol–water partition coefficient (Wildman–Crippen LogP) is 1.07. The molecule has 19 heavy (non-hydrogen) atoms. The molecule has 1 atom stereocenters. The second-order valence-electron chi connectivity index (χ2n) is 4.84. The Hall–Kier alpha value is -0.780.